The number of nitrogens with zero attached hydrogens (tertiary/aromatic N) is 2. The summed E-state index contributed by atoms with van der Waals surface area (Å²) < 4.78 is 4.71. The molecule has 29 heavy (non-hydrogen) atoms. The molecule has 1 aliphatic rings. The Balaban J connectivity index is 1.42. The molecular weight excluding hydrogens is 384 g/mol. The zero-order chi connectivity index (χ0) is 20.7. The van der Waals surface area contributed by atoms with Crippen molar-refractivity contribution in [1.29, 1.82) is 0 Å². The number of likely N-dealkylation sites (tertiary alicyclic amines) is 1. The number of aliphatic hydroxyl groups is 1. The van der Waals surface area contributed by atoms with Crippen LogP contribution in [0.3, 0.4) is 0 Å². The minimum atomic E-state index is -0.653. The molecule has 1 saturated heterocycles. The lowest BCUT2D eigenvalue weighted by molar-refractivity contribution is -0.000824. The summed E-state index contributed by atoms with van der Waals surface area (Å²) in [5, 5.41) is 10.9. The smallest absolute Gasteiger partial charge is 0.337 e. The Hall–Kier alpha value is -2.33. The summed E-state index contributed by atoms with van der Waals surface area (Å²) in [5.41, 5.74) is 1.80. The van der Waals surface area contributed by atoms with E-state index in [9.17, 15) is 9.90 Å². The second kappa shape index (κ2) is 9.93. The van der Waals surface area contributed by atoms with Crippen molar-refractivity contribution in [2.24, 2.45) is 0 Å². The molecule has 0 atom stereocenters. The number of thioether (sulfide) groups is 1. The molecule has 0 aliphatic carbocycles. The van der Waals surface area contributed by atoms with E-state index >= 15 is 0 Å². The SMILES string of the molecule is [C-]#[N+]c1ccc(CCN2CCC(O)(CSc3ccc(C(=O)OC)cc3)CC2)cc1. The second-order valence-corrected chi connectivity index (χ2v) is 8.45. The van der Waals surface area contributed by atoms with Crippen LogP contribution in [0.25, 0.3) is 4.85 Å². The fourth-order valence-electron chi connectivity index (χ4n) is 3.38. The predicted molar refractivity (Wildman–Crippen MR) is 116 cm³/mol. The van der Waals surface area contributed by atoms with Crippen molar-refractivity contribution < 1.29 is 14.6 Å². The standard InChI is InChI=1S/C23H26N2O3S/c1-24-20-7-3-18(4-8-20)11-14-25-15-12-23(27,13-16-25)17-29-21-9-5-19(6-10-21)22(26)28-2/h3-10,27H,11-17H2,2H3. The van der Waals surface area contributed by atoms with Crippen LogP contribution in [0.1, 0.15) is 28.8 Å². The molecule has 0 radical (unpaired) electrons. The van der Waals surface area contributed by atoms with E-state index in [-0.39, 0.29) is 5.97 Å². The molecule has 1 heterocycles. The fourth-order valence-corrected chi connectivity index (χ4v) is 4.44. The highest BCUT2D eigenvalue weighted by Gasteiger charge is 2.32. The highest BCUT2D eigenvalue weighted by atomic mass is 32.2. The molecule has 5 nitrogen and oxygen atoms in total. The monoisotopic (exact) mass is 410 g/mol. The molecule has 0 unspecified atom stereocenters. The minimum Gasteiger partial charge on any atom is -0.465 e. The normalized spacial score (nSPS) is 16.2. The van der Waals surface area contributed by atoms with Crippen molar-refractivity contribution >= 4 is 23.4 Å². The van der Waals surface area contributed by atoms with Crippen LogP contribution in [0.15, 0.2) is 53.4 Å². The van der Waals surface area contributed by atoms with Crippen LogP contribution >= 0.6 is 11.8 Å². The van der Waals surface area contributed by atoms with Crippen LogP contribution in [0.5, 0.6) is 0 Å². The third-order valence-corrected chi connectivity index (χ3v) is 6.64. The lowest BCUT2D eigenvalue weighted by atomic mass is 9.93. The molecule has 3 rings (SSSR count). The highest BCUT2D eigenvalue weighted by Crippen LogP contribution is 2.30. The molecule has 6 heteroatoms. The summed E-state index contributed by atoms with van der Waals surface area (Å²) in [5.74, 6) is 0.311. The van der Waals surface area contributed by atoms with Gasteiger partial charge in [-0.15, -0.1) is 11.8 Å². The molecule has 0 amide bonds. The summed E-state index contributed by atoms with van der Waals surface area (Å²) >= 11 is 1.62. The number of benzene rings is 2. The van der Waals surface area contributed by atoms with E-state index in [0.717, 1.165) is 43.8 Å². The Morgan fingerprint density at radius 3 is 2.41 bits per heavy atom. The highest BCUT2D eigenvalue weighted by molar-refractivity contribution is 7.99. The Kier molecular flexibility index (Phi) is 7.32. The van der Waals surface area contributed by atoms with Gasteiger partial charge in [0, 0.05) is 30.3 Å². The number of carbonyl (C=O) groups excluding carboxylic acids is 1. The van der Waals surface area contributed by atoms with Gasteiger partial charge in [0.25, 0.3) is 0 Å². The fraction of sp³-hybridized carbons (Fsp3) is 0.391. The van der Waals surface area contributed by atoms with Gasteiger partial charge in [-0.2, -0.15) is 0 Å². The number of hydrogen-bond donors (Lipinski definition) is 1. The third-order valence-electron chi connectivity index (χ3n) is 5.35. The Morgan fingerprint density at radius 1 is 1.17 bits per heavy atom. The van der Waals surface area contributed by atoms with Crippen molar-refractivity contribution in [3.63, 3.8) is 0 Å². The van der Waals surface area contributed by atoms with Crippen LogP contribution in [-0.2, 0) is 11.2 Å². The van der Waals surface area contributed by atoms with Gasteiger partial charge in [0.1, 0.15) is 0 Å². The Bertz CT molecular complexity index is 851. The average molecular weight is 411 g/mol. The Labute approximate surface area is 176 Å². The maximum Gasteiger partial charge on any atom is 0.337 e. The molecule has 0 aromatic heterocycles. The summed E-state index contributed by atoms with van der Waals surface area (Å²) in [6.45, 7) is 9.75. The molecule has 1 aliphatic heterocycles. The maximum absolute atomic E-state index is 11.5. The van der Waals surface area contributed by atoms with Gasteiger partial charge in [0.05, 0.1) is 24.8 Å². The van der Waals surface area contributed by atoms with Crippen molar-refractivity contribution in [2.75, 3.05) is 32.5 Å². The van der Waals surface area contributed by atoms with Gasteiger partial charge in [-0.25, -0.2) is 9.64 Å². The lowest BCUT2D eigenvalue weighted by Gasteiger charge is -2.38. The molecule has 2 aromatic rings. The van der Waals surface area contributed by atoms with E-state index < -0.39 is 5.60 Å². The largest absolute Gasteiger partial charge is 0.465 e. The number of piperidine rings is 1. The number of esters is 1. The Morgan fingerprint density at radius 2 is 1.83 bits per heavy atom. The van der Waals surface area contributed by atoms with Gasteiger partial charge in [-0.05, 0) is 49.1 Å². The van der Waals surface area contributed by atoms with Crippen molar-refractivity contribution in [2.45, 2.75) is 29.8 Å². The summed E-state index contributed by atoms with van der Waals surface area (Å²) in [6.07, 6.45) is 2.48. The van der Waals surface area contributed by atoms with E-state index in [0.29, 0.717) is 17.0 Å². The molecule has 0 bridgehead atoms. The molecule has 1 fully saturated rings. The first-order valence-electron chi connectivity index (χ1n) is 9.74. The van der Waals surface area contributed by atoms with Crippen LogP contribution in [0.2, 0.25) is 0 Å². The van der Waals surface area contributed by atoms with Crippen LogP contribution in [0, 0.1) is 6.57 Å². The average Bonchev–Trinajstić information content (AvgIpc) is 2.77. The van der Waals surface area contributed by atoms with E-state index in [1.54, 1.807) is 23.9 Å². The van der Waals surface area contributed by atoms with Crippen LogP contribution in [0.4, 0.5) is 5.69 Å². The first-order valence-corrected chi connectivity index (χ1v) is 10.7. The number of hydrogen-bond acceptors (Lipinski definition) is 5. The van der Waals surface area contributed by atoms with Crippen LogP contribution in [-0.4, -0.2) is 54.1 Å². The maximum atomic E-state index is 11.5. The number of ether oxygens (including phenoxy) is 1. The zero-order valence-electron chi connectivity index (χ0n) is 16.6. The molecule has 152 valence electrons. The van der Waals surface area contributed by atoms with Gasteiger partial charge in [-0.3, -0.25) is 0 Å². The van der Waals surface area contributed by atoms with Crippen molar-refractivity contribution in [3.05, 3.63) is 71.1 Å². The summed E-state index contributed by atoms with van der Waals surface area (Å²) in [6, 6.07) is 15.1. The van der Waals surface area contributed by atoms with Gasteiger partial charge >= 0.3 is 5.97 Å². The van der Waals surface area contributed by atoms with Gasteiger partial charge < -0.3 is 14.7 Å². The van der Waals surface area contributed by atoms with E-state index in [4.69, 9.17) is 11.3 Å². The number of methoxy groups -OCH3 is 1. The first kappa shape index (κ1) is 21.4. The topological polar surface area (TPSA) is 54.1 Å². The summed E-state index contributed by atoms with van der Waals surface area (Å²) in [4.78, 5) is 18.4. The molecular formula is C23H26N2O3S. The van der Waals surface area contributed by atoms with E-state index in [1.165, 1.54) is 12.7 Å². The molecule has 0 spiro atoms. The number of carbonyl (C=O) groups is 1. The summed E-state index contributed by atoms with van der Waals surface area (Å²) in [7, 11) is 1.37. The minimum absolute atomic E-state index is 0.338. The van der Waals surface area contributed by atoms with E-state index in [2.05, 4.69) is 9.74 Å². The van der Waals surface area contributed by atoms with Crippen molar-refractivity contribution in [3.8, 4) is 0 Å². The quantitative estimate of drug-likeness (QED) is 0.421. The second-order valence-electron chi connectivity index (χ2n) is 7.40. The molecule has 1 N–H and O–H groups in total. The van der Waals surface area contributed by atoms with Gasteiger partial charge in [0.2, 0.25) is 0 Å². The lowest BCUT2D eigenvalue weighted by Crippen LogP contribution is -2.46. The predicted octanol–water partition coefficient (Wildman–Crippen LogP) is 4.19. The molecule has 2 aromatic carbocycles. The zero-order valence-corrected chi connectivity index (χ0v) is 17.5. The van der Waals surface area contributed by atoms with Crippen LogP contribution < -0.4 is 0 Å². The van der Waals surface area contributed by atoms with E-state index in [1.807, 2.05) is 36.4 Å². The third kappa shape index (κ3) is 6.07. The first-order chi connectivity index (χ1) is 14.0. The number of rotatable bonds is 7. The van der Waals surface area contributed by atoms with Gasteiger partial charge in [-0.1, -0.05) is 24.3 Å². The van der Waals surface area contributed by atoms with Crippen molar-refractivity contribution in [1.82, 2.24) is 4.90 Å². The molecule has 0 saturated carbocycles. The van der Waals surface area contributed by atoms with Gasteiger partial charge in [0.15, 0.2) is 5.69 Å².